The predicted molar refractivity (Wildman–Crippen MR) is 171 cm³/mol. The van der Waals surface area contributed by atoms with E-state index < -0.39 is 11.8 Å². The number of nitrogens with one attached hydrogen (secondary N) is 4. The summed E-state index contributed by atoms with van der Waals surface area (Å²) in [6.45, 7) is 6.11. The van der Waals surface area contributed by atoms with Crippen molar-refractivity contribution in [1.29, 1.82) is 0 Å². The van der Waals surface area contributed by atoms with E-state index in [0.717, 1.165) is 51.4 Å². The molecule has 0 spiro atoms. The number of carbonyl (C=O) groups is 4. The molecule has 1 atom stereocenters. The third-order valence-corrected chi connectivity index (χ3v) is 7.66. The average Bonchev–Trinajstić information content (AvgIpc) is 3.02. The lowest BCUT2D eigenvalue weighted by atomic mass is 9.95. The van der Waals surface area contributed by atoms with E-state index in [-0.39, 0.29) is 46.8 Å². The number of hydrazine groups is 2. The molecule has 0 saturated heterocycles. The Bertz CT molecular complexity index is 1230. The number of benzene rings is 2. The van der Waals surface area contributed by atoms with Gasteiger partial charge in [0.25, 0.3) is 11.8 Å². The van der Waals surface area contributed by atoms with Crippen molar-refractivity contribution in [3.05, 3.63) is 58.7 Å². The van der Waals surface area contributed by atoms with Crippen molar-refractivity contribution in [3.8, 4) is 11.5 Å². The minimum Gasteiger partial charge on any atom is -0.507 e. The molecule has 6 N–H and O–H groups in total. The highest BCUT2D eigenvalue weighted by molar-refractivity contribution is 5.98. The third kappa shape index (κ3) is 11.9. The topological polar surface area (TPSA) is 157 Å². The number of amides is 4. The third-order valence-electron chi connectivity index (χ3n) is 7.66. The molecule has 0 aliphatic carbocycles. The van der Waals surface area contributed by atoms with E-state index in [0.29, 0.717) is 43.2 Å². The molecule has 0 saturated carbocycles. The number of phenolic OH excluding ortho intramolecular Hbond substituents is 2. The maximum Gasteiger partial charge on any atom is 0.273 e. The molecule has 0 heterocycles. The highest BCUT2D eigenvalue weighted by Gasteiger charge is 2.20. The van der Waals surface area contributed by atoms with Crippen LogP contribution in [0, 0.1) is 5.92 Å². The number of hydrogen-bond acceptors (Lipinski definition) is 6. The maximum atomic E-state index is 12.8. The molecule has 0 bridgehead atoms. The van der Waals surface area contributed by atoms with Crippen molar-refractivity contribution >= 4 is 23.6 Å². The summed E-state index contributed by atoms with van der Waals surface area (Å²) in [6, 6.07) is 10.1. The molecule has 0 aliphatic heterocycles. The summed E-state index contributed by atoms with van der Waals surface area (Å²) >= 11 is 0. The van der Waals surface area contributed by atoms with Crippen LogP contribution < -0.4 is 21.7 Å². The molecule has 0 fully saturated rings. The van der Waals surface area contributed by atoms with Gasteiger partial charge in [-0.1, -0.05) is 83.6 Å². The van der Waals surface area contributed by atoms with Crippen molar-refractivity contribution in [3.63, 3.8) is 0 Å². The van der Waals surface area contributed by atoms with E-state index in [2.05, 4.69) is 35.6 Å². The van der Waals surface area contributed by atoms with Crippen LogP contribution in [0.3, 0.4) is 0 Å². The molecule has 2 aromatic carbocycles. The number of aromatic hydroxyl groups is 2. The summed E-state index contributed by atoms with van der Waals surface area (Å²) in [7, 11) is 0. The number of rotatable bonds is 18. The molecule has 0 aliphatic rings. The zero-order valence-corrected chi connectivity index (χ0v) is 26.5. The van der Waals surface area contributed by atoms with Crippen LogP contribution in [0.4, 0.5) is 0 Å². The second-order valence-corrected chi connectivity index (χ2v) is 11.2. The van der Waals surface area contributed by atoms with Crippen molar-refractivity contribution in [2.45, 2.75) is 111 Å². The van der Waals surface area contributed by atoms with Crippen LogP contribution in [0.25, 0.3) is 0 Å². The van der Waals surface area contributed by atoms with Gasteiger partial charge in [-0.3, -0.25) is 40.9 Å². The Kier molecular flexibility index (Phi) is 16.4. The van der Waals surface area contributed by atoms with Gasteiger partial charge in [0.15, 0.2) is 0 Å². The molecule has 242 valence electrons. The van der Waals surface area contributed by atoms with E-state index in [9.17, 15) is 29.4 Å². The van der Waals surface area contributed by atoms with Crippen LogP contribution in [-0.2, 0) is 22.4 Å². The molecule has 4 amide bonds. The Balaban J connectivity index is 1.69. The molecule has 10 heteroatoms. The van der Waals surface area contributed by atoms with Gasteiger partial charge in [0.05, 0.1) is 11.1 Å². The second kappa shape index (κ2) is 20.0. The van der Waals surface area contributed by atoms with Crippen molar-refractivity contribution in [2.24, 2.45) is 5.92 Å². The standard InChI is InChI=1S/C34H50N4O6/c1-4-7-16-24-19-13-21-27(30(24)40)33(43)37-35-29(39)23-12-10-9-11-18-26(15-6-3)32(42)36-38-34(44)28-22-14-20-25(31(28)41)17-8-5-2/h13-14,19-22,26,40-41H,4-12,15-18,23H2,1-3H3,(H,35,39)(H,36,42)(H,37,43)(H,38,44). The van der Waals surface area contributed by atoms with Crippen LogP contribution in [0.5, 0.6) is 11.5 Å². The average molecular weight is 611 g/mol. The fraction of sp³-hybridized carbons (Fsp3) is 0.529. The van der Waals surface area contributed by atoms with Gasteiger partial charge in [0, 0.05) is 12.3 Å². The lowest BCUT2D eigenvalue weighted by molar-refractivity contribution is -0.126. The van der Waals surface area contributed by atoms with E-state index in [1.807, 2.05) is 6.92 Å². The Morgan fingerprint density at radius 1 is 0.614 bits per heavy atom. The monoisotopic (exact) mass is 610 g/mol. The van der Waals surface area contributed by atoms with E-state index in [1.165, 1.54) is 12.1 Å². The number of phenols is 2. The minimum absolute atomic E-state index is 0.0549. The van der Waals surface area contributed by atoms with Crippen LogP contribution >= 0.6 is 0 Å². The first kappa shape index (κ1) is 36.1. The van der Waals surface area contributed by atoms with E-state index in [4.69, 9.17) is 0 Å². The lowest BCUT2D eigenvalue weighted by Crippen LogP contribution is -2.44. The molecule has 0 aromatic heterocycles. The van der Waals surface area contributed by atoms with Crippen LogP contribution in [0.1, 0.15) is 130 Å². The Labute approximate surface area is 261 Å². The largest absolute Gasteiger partial charge is 0.507 e. The van der Waals surface area contributed by atoms with Crippen LogP contribution in [0.2, 0.25) is 0 Å². The van der Waals surface area contributed by atoms with Gasteiger partial charge in [-0.2, -0.15) is 0 Å². The minimum atomic E-state index is -0.567. The van der Waals surface area contributed by atoms with Gasteiger partial charge in [0.2, 0.25) is 11.8 Å². The zero-order chi connectivity index (χ0) is 32.3. The molecule has 2 aromatic rings. The van der Waals surface area contributed by atoms with Gasteiger partial charge < -0.3 is 10.2 Å². The second-order valence-electron chi connectivity index (χ2n) is 11.2. The van der Waals surface area contributed by atoms with Gasteiger partial charge in [-0.15, -0.1) is 0 Å². The highest BCUT2D eigenvalue weighted by atomic mass is 16.3. The highest BCUT2D eigenvalue weighted by Crippen LogP contribution is 2.25. The van der Waals surface area contributed by atoms with Gasteiger partial charge in [-0.25, -0.2) is 0 Å². The summed E-state index contributed by atoms with van der Waals surface area (Å²) in [5, 5.41) is 20.9. The molecule has 44 heavy (non-hydrogen) atoms. The summed E-state index contributed by atoms with van der Waals surface area (Å²) in [5.41, 5.74) is 11.4. The first-order chi connectivity index (χ1) is 21.2. The smallest absolute Gasteiger partial charge is 0.273 e. The SMILES string of the molecule is CCCCc1cccc(C(=O)NNC(=O)CCCCCCC(CCC)C(=O)NNC(=O)c2cccc(CCCC)c2O)c1O. The van der Waals surface area contributed by atoms with Gasteiger partial charge >= 0.3 is 0 Å². The predicted octanol–water partition coefficient (Wildman–Crippen LogP) is 5.76. The summed E-state index contributed by atoms with van der Waals surface area (Å²) in [6.07, 6.45) is 10.5. The first-order valence-corrected chi connectivity index (χ1v) is 16.0. The van der Waals surface area contributed by atoms with Gasteiger partial charge in [-0.05, 0) is 68.2 Å². The summed E-state index contributed by atoms with van der Waals surface area (Å²) in [5.74, 6) is -2.09. The number of aryl methyl sites for hydroxylation is 2. The summed E-state index contributed by atoms with van der Waals surface area (Å²) in [4.78, 5) is 50.1. The Hall–Kier alpha value is -4.08. The van der Waals surface area contributed by atoms with Gasteiger partial charge in [0.1, 0.15) is 11.5 Å². The van der Waals surface area contributed by atoms with Crippen molar-refractivity contribution in [1.82, 2.24) is 21.7 Å². The summed E-state index contributed by atoms with van der Waals surface area (Å²) < 4.78 is 0. The number of hydrogen-bond donors (Lipinski definition) is 6. The van der Waals surface area contributed by atoms with E-state index >= 15 is 0 Å². The fourth-order valence-corrected chi connectivity index (χ4v) is 5.02. The quantitative estimate of drug-likeness (QED) is 0.0930. The number of carbonyl (C=O) groups excluding carboxylic acids is 4. The maximum absolute atomic E-state index is 12.8. The molecular formula is C34H50N4O6. The molecule has 1 unspecified atom stereocenters. The van der Waals surface area contributed by atoms with Crippen LogP contribution in [-0.4, -0.2) is 33.8 Å². The molecule has 10 nitrogen and oxygen atoms in total. The zero-order valence-electron chi connectivity index (χ0n) is 26.5. The lowest BCUT2D eigenvalue weighted by Gasteiger charge is -2.17. The van der Waals surface area contributed by atoms with Crippen molar-refractivity contribution < 1.29 is 29.4 Å². The van der Waals surface area contributed by atoms with Crippen LogP contribution in [0.15, 0.2) is 36.4 Å². The fourth-order valence-electron chi connectivity index (χ4n) is 5.02. The Morgan fingerprint density at radius 2 is 1.14 bits per heavy atom. The molecule has 2 rings (SSSR count). The molecular weight excluding hydrogens is 560 g/mol. The number of para-hydroxylation sites is 2. The normalized spacial score (nSPS) is 11.4. The van der Waals surface area contributed by atoms with Crippen molar-refractivity contribution in [2.75, 3.05) is 0 Å². The Morgan fingerprint density at radius 3 is 1.66 bits per heavy atom. The first-order valence-electron chi connectivity index (χ1n) is 16.0. The molecule has 0 radical (unpaired) electrons. The number of unbranched alkanes of at least 4 members (excludes halogenated alkanes) is 5. The van der Waals surface area contributed by atoms with E-state index in [1.54, 1.807) is 24.3 Å².